The summed E-state index contributed by atoms with van der Waals surface area (Å²) >= 11 is 0. The number of rotatable bonds is 7. The number of aryl methyl sites for hydroxylation is 2. The zero-order chi connectivity index (χ0) is 25.1. The average molecular weight is 478 g/mol. The second kappa shape index (κ2) is 9.72. The fourth-order valence-corrected chi connectivity index (χ4v) is 3.84. The maximum Gasteiger partial charge on any atom is 0.300 e. The van der Waals surface area contributed by atoms with Crippen LogP contribution in [0.3, 0.4) is 0 Å². The van der Waals surface area contributed by atoms with E-state index < -0.39 is 0 Å². The third kappa shape index (κ3) is 4.65. The van der Waals surface area contributed by atoms with E-state index in [1.54, 1.807) is 30.6 Å². The summed E-state index contributed by atoms with van der Waals surface area (Å²) in [6, 6.07) is 20.8. The molecule has 5 rings (SSSR count). The van der Waals surface area contributed by atoms with E-state index in [1.165, 1.54) is 11.8 Å². The lowest BCUT2D eigenvalue weighted by Gasteiger charge is -2.16. The molecule has 0 bridgehead atoms. The average Bonchev–Trinajstić information content (AvgIpc) is 3.34. The number of hydrogen-bond donors (Lipinski definition) is 1. The van der Waals surface area contributed by atoms with Crippen LogP contribution in [0.5, 0.6) is 11.5 Å². The Kier molecular flexibility index (Phi) is 6.16. The number of anilines is 2. The van der Waals surface area contributed by atoms with Crippen molar-refractivity contribution >= 4 is 22.8 Å². The SMILES string of the molecule is CCn1cnc2c1c(=O)nc(Nc1ccc(Oc3ccc(C#N)nc3)cc1)n2Cc1ccc(C)cc1. The third-order valence-electron chi connectivity index (χ3n) is 5.74. The highest BCUT2D eigenvalue weighted by atomic mass is 16.5. The van der Waals surface area contributed by atoms with E-state index >= 15 is 0 Å². The molecular formula is C27H23N7O2. The lowest BCUT2D eigenvalue weighted by atomic mass is 10.1. The smallest absolute Gasteiger partial charge is 0.300 e. The molecule has 0 atom stereocenters. The van der Waals surface area contributed by atoms with Gasteiger partial charge in [-0.3, -0.25) is 9.36 Å². The van der Waals surface area contributed by atoms with E-state index in [0.717, 1.165) is 11.3 Å². The number of nitrogens with one attached hydrogen (secondary N) is 1. The number of imidazole rings is 1. The molecule has 0 spiro atoms. The number of hydrogen-bond acceptors (Lipinski definition) is 7. The first kappa shape index (κ1) is 22.8. The Balaban J connectivity index is 1.45. The van der Waals surface area contributed by atoms with E-state index in [4.69, 9.17) is 10.00 Å². The molecule has 0 amide bonds. The van der Waals surface area contributed by atoms with Crippen molar-refractivity contribution in [1.82, 2.24) is 24.1 Å². The first-order chi connectivity index (χ1) is 17.5. The number of benzene rings is 2. The summed E-state index contributed by atoms with van der Waals surface area (Å²) in [5, 5.41) is 12.1. The topological polar surface area (TPSA) is 111 Å². The molecule has 178 valence electrons. The molecular weight excluding hydrogens is 454 g/mol. The van der Waals surface area contributed by atoms with Gasteiger partial charge in [0, 0.05) is 12.2 Å². The Morgan fingerprint density at radius 1 is 1.00 bits per heavy atom. The minimum atomic E-state index is -0.333. The number of pyridine rings is 1. The predicted molar refractivity (Wildman–Crippen MR) is 136 cm³/mol. The Morgan fingerprint density at radius 3 is 2.42 bits per heavy atom. The third-order valence-corrected chi connectivity index (χ3v) is 5.74. The molecule has 0 unspecified atom stereocenters. The van der Waals surface area contributed by atoms with Gasteiger partial charge >= 0.3 is 5.56 Å². The van der Waals surface area contributed by atoms with Crippen LogP contribution < -0.4 is 15.6 Å². The van der Waals surface area contributed by atoms with Crippen LogP contribution >= 0.6 is 0 Å². The Bertz CT molecular complexity index is 1610. The standard InChI is InChI=1S/C27H23N7O2/c1-3-33-17-30-25-24(33)26(35)32-27(34(25)16-19-6-4-18(2)5-7-19)31-20-8-11-22(12-9-20)36-23-13-10-21(14-28)29-15-23/h4-13,15,17H,3,16H2,1-2H3,(H,31,32,35). The van der Waals surface area contributed by atoms with Crippen LogP contribution in [0.1, 0.15) is 23.7 Å². The van der Waals surface area contributed by atoms with Crippen molar-refractivity contribution in [2.75, 3.05) is 5.32 Å². The monoisotopic (exact) mass is 477 g/mol. The van der Waals surface area contributed by atoms with Crippen molar-refractivity contribution in [3.8, 4) is 17.6 Å². The summed E-state index contributed by atoms with van der Waals surface area (Å²) in [7, 11) is 0. The van der Waals surface area contributed by atoms with Crippen LogP contribution in [0.4, 0.5) is 11.6 Å². The highest BCUT2D eigenvalue weighted by molar-refractivity contribution is 5.73. The predicted octanol–water partition coefficient (Wildman–Crippen LogP) is 4.77. The van der Waals surface area contributed by atoms with Gasteiger partial charge in [0.15, 0.2) is 11.2 Å². The zero-order valence-electron chi connectivity index (χ0n) is 19.8. The van der Waals surface area contributed by atoms with Gasteiger partial charge in [-0.1, -0.05) is 29.8 Å². The van der Waals surface area contributed by atoms with Crippen molar-refractivity contribution in [3.63, 3.8) is 0 Å². The molecule has 3 heterocycles. The highest BCUT2D eigenvalue weighted by Gasteiger charge is 2.16. The summed E-state index contributed by atoms with van der Waals surface area (Å²) in [4.78, 5) is 25.8. The first-order valence-corrected chi connectivity index (χ1v) is 11.5. The second-order valence-electron chi connectivity index (χ2n) is 8.26. The summed E-state index contributed by atoms with van der Waals surface area (Å²) in [6.45, 7) is 5.14. The minimum absolute atomic E-state index is 0.326. The molecule has 0 fully saturated rings. The fourth-order valence-electron chi connectivity index (χ4n) is 3.84. The number of nitrogens with zero attached hydrogens (tertiary/aromatic N) is 6. The maximum absolute atomic E-state index is 12.9. The maximum atomic E-state index is 12.9. The van der Waals surface area contributed by atoms with Crippen molar-refractivity contribution in [2.45, 2.75) is 26.9 Å². The second-order valence-corrected chi connectivity index (χ2v) is 8.26. The number of nitriles is 1. The summed E-state index contributed by atoms with van der Waals surface area (Å²) in [5.74, 6) is 1.54. The van der Waals surface area contributed by atoms with Crippen molar-refractivity contribution < 1.29 is 4.74 Å². The van der Waals surface area contributed by atoms with Gasteiger partial charge in [0.2, 0.25) is 5.95 Å². The van der Waals surface area contributed by atoms with E-state index in [0.29, 0.717) is 47.4 Å². The van der Waals surface area contributed by atoms with E-state index in [2.05, 4.69) is 44.5 Å². The molecule has 9 heteroatoms. The van der Waals surface area contributed by atoms with E-state index in [9.17, 15) is 4.79 Å². The zero-order valence-corrected chi connectivity index (χ0v) is 19.8. The number of ether oxygens (including phenoxy) is 1. The molecule has 1 N–H and O–H groups in total. The molecule has 3 aromatic heterocycles. The molecule has 0 radical (unpaired) electrons. The molecule has 36 heavy (non-hydrogen) atoms. The Labute approximate surface area is 207 Å². The van der Waals surface area contributed by atoms with Gasteiger partial charge in [-0.05, 0) is 55.8 Å². The van der Waals surface area contributed by atoms with E-state index in [1.807, 2.05) is 41.2 Å². The summed E-state index contributed by atoms with van der Waals surface area (Å²) in [6.07, 6.45) is 3.18. The fraction of sp³-hybridized carbons (Fsp3) is 0.148. The summed E-state index contributed by atoms with van der Waals surface area (Å²) < 4.78 is 9.53. The Hall–Kier alpha value is -4.97. The van der Waals surface area contributed by atoms with Crippen LogP contribution in [0.15, 0.2) is 78.0 Å². The summed E-state index contributed by atoms with van der Waals surface area (Å²) in [5.41, 5.74) is 4.03. The largest absolute Gasteiger partial charge is 0.456 e. The molecule has 0 saturated heterocycles. The van der Waals surface area contributed by atoms with Crippen molar-refractivity contribution in [1.29, 1.82) is 5.26 Å². The van der Waals surface area contributed by atoms with Crippen LogP contribution in [0, 0.1) is 18.3 Å². The van der Waals surface area contributed by atoms with Crippen LogP contribution in [-0.4, -0.2) is 24.1 Å². The normalized spacial score (nSPS) is 10.8. The van der Waals surface area contributed by atoms with Gasteiger partial charge in [-0.15, -0.1) is 0 Å². The highest BCUT2D eigenvalue weighted by Crippen LogP contribution is 2.25. The van der Waals surface area contributed by atoms with Gasteiger partial charge < -0.3 is 14.6 Å². The molecule has 9 nitrogen and oxygen atoms in total. The molecule has 0 aliphatic heterocycles. The van der Waals surface area contributed by atoms with Gasteiger partial charge in [-0.2, -0.15) is 10.2 Å². The lowest BCUT2D eigenvalue weighted by Crippen LogP contribution is -2.20. The van der Waals surface area contributed by atoms with Crippen molar-refractivity contribution in [2.24, 2.45) is 0 Å². The molecule has 5 aromatic rings. The van der Waals surface area contributed by atoms with Gasteiger partial charge in [0.05, 0.1) is 19.1 Å². The van der Waals surface area contributed by atoms with Crippen molar-refractivity contribution in [3.05, 3.63) is 100 Å². The molecule has 0 aliphatic carbocycles. The van der Waals surface area contributed by atoms with Gasteiger partial charge in [0.25, 0.3) is 0 Å². The first-order valence-electron chi connectivity index (χ1n) is 11.5. The number of aromatic nitrogens is 5. The number of fused-ring (bicyclic) bond motifs is 1. The van der Waals surface area contributed by atoms with Crippen LogP contribution in [0.25, 0.3) is 11.2 Å². The van der Waals surface area contributed by atoms with E-state index in [-0.39, 0.29) is 5.56 Å². The lowest BCUT2D eigenvalue weighted by molar-refractivity contribution is 0.480. The minimum Gasteiger partial charge on any atom is -0.456 e. The Morgan fingerprint density at radius 2 is 1.75 bits per heavy atom. The van der Waals surface area contributed by atoms with Gasteiger partial charge in [0.1, 0.15) is 23.3 Å². The molecule has 0 saturated carbocycles. The quantitative estimate of drug-likeness (QED) is 0.359. The molecule has 2 aromatic carbocycles. The molecule has 0 aliphatic rings. The van der Waals surface area contributed by atoms with Crippen LogP contribution in [-0.2, 0) is 13.1 Å². The van der Waals surface area contributed by atoms with Crippen LogP contribution in [0.2, 0.25) is 0 Å². The van der Waals surface area contributed by atoms with Gasteiger partial charge in [-0.25, -0.2) is 9.97 Å².